The number of hydrogen-bond donors (Lipinski definition) is 1. The van der Waals surface area contributed by atoms with Crippen LogP contribution in [0.1, 0.15) is 88.1 Å². The van der Waals surface area contributed by atoms with Crippen molar-refractivity contribution in [2.75, 3.05) is 19.6 Å². The van der Waals surface area contributed by atoms with E-state index in [1.807, 2.05) is 4.90 Å². The largest absolute Gasteiger partial charge is 0.380 e. The van der Waals surface area contributed by atoms with Gasteiger partial charge in [0.05, 0.1) is 11.0 Å². The Balaban J connectivity index is 1.06. The van der Waals surface area contributed by atoms with Crippen LogP contribution in [0.2, 0.25) is 0 Å². The second-order valence-electron chi connectivity index (χ2n) is 13.2. The van der Waals surface area contributed by atoms with Gasteiger partial charge in [0.25, 0.3) is 5.91 Å². The number of para-hydroxylation sites is 2. The van der Waals surface area contributed by atoms with E-state index >= 15 is 0 Å². The van der Waals surface area contributed by atoms with Gasteiger partial charge in [0.1, 0.15) is 11.4 Å². The number of amides is 1. The molecule has 1 aliphatic carbocycles. The number of fused-ring (bicyclic) bond motifs is 3. The van der Waals surface area contributed by atoms with Crippen LogP contribution in [-0.2, 0) is 10.2 Å². The molecule has 4 heterocycles. The molecule has 3 aliphatic heterocycles. The van der Waals surface area contributed by atoms with Crippen LogP contribution in [0, 0.1) is 6.92 Å². The molecule has 7 rings (SSSR count). The van der Waals surface area contributed by atoms with Crippen molar-refractivity contribution in [3.05, 3.63) is 66.0 Å². The Hall–Kier alpha value is -2.70. The van der Waals surface area contributed by atoms with Crippen LogP contribution in [0.3, 0.4) is 0 Å². The van der Waals surface area contributed by atoms with Crippen LogP contribution in [-0.4, -0.2) is 67.7 Å². The molecular weight excluding hydrogens is 496 g/mol. The second-order valence-corrected chi connectivity index (χ2v) is 13.2. The summed E-state index contributed by atoms with van der Waals surface area (Å²) in [7, 11) is 0. The summed E-state index contributed by atoms with van der Waals surface area (Å²) in [5.41, 5.74) is 2.79. The van der Waals surface area contributed by atoms with Crippen molar-refractivity contribution >= 4 is 16.9 Å². The van der Waals surface area contributed by atoms with Crippen molar-refractivity contribution in [2.24, 2.45) is 0 Å². The maximum Gasteiger partial charge on any atom is 0.254 e. The van der Waals surface area contributed by atoms with Crippen molar-refractivity contribution in [3.8, 4) is 0 Å². The molecule has 40 heavy (non-hydrogen) atoms. The zero-order valence-corrected chi connectivity index (χ0v) is 24.0. The van der Waals surface area contributed by atoms with Gasteiger partial charge in [0, 0.05) is 31.2 Å². The van der Waals surface area contributed by atoms with Crippen molar-refractivity contribution in [2.45, 2.75) is 107 Å². The summed E-state index contributed by atoms with van der Waals surface area (Å²) >= 11 is 0. The fourth-order valence-electron chi connectivity index (χ4n) is 8.87. The smallest absolute Gasteiger partial charge is 0.254 e. The van der Waals surface area contributed by atoms with Gasteiger partial charge in [-0.25, -0.2) is 4.98 Å². The normalized spacial score (nSPS) is 27.9. The molecule has 1 saturated carbocycles. The van der Waals surface area contributed by atoms with E-state index in [1.165, 1.54) is 36.8 Å². The fraction of sp³-hybridized carbons (Fsp3) is 0.588. The predicted molar refractivity (Wildman–Crippen MR) is 158 cm³/mol. The summed E-state index contributed by atoms with van der Waals surface area (Å²) in [5, 5.41) is 11.0. The molecule has 3 saturated heterocycles. The number of imidazole rings is 1. The fourth-order valence-corrected chi connectivity index (χ4v) is 8.87. The monoisotopic (exact) mass is 540 g/mol. The first-order chi connectivity index (χ1) is 19.5. The van der Waals surface area contributed by atoms with E-state index in [0.29, 0.717) is 31.0 Å². The Morgan fingerprint density at radius 2 is 1.55 bits per heavy atom. The zero-order chi connectivity index (χ0) is 27.3. The molecule has 3 aromatic rings. The topological polar surface area (TPSA) is 61.6 Å². The van der Waals surface area contributed by atoms with Crippen molar-refractivity contribution < 1.29 is 9.90 Å². The minimum absolute atomic E-state index is 0.0194. The molecule has 212 valence electrons. The van der Waals surface area contributed by atoms with Crippen molar-refractivity contribution in [3.63, 3.8) is 0 Å². The maximum atomic E-state index is 13.3. The molecule has 1 aromatic heterocycles. The summed E-state index contributed by atoms with van der Waals surface area (Å²) in [6.45, 7) is 4.79. The number of carbonyl (C=O) groups is 1. The summed E-state index contributed by atoms with van der Waals surface area (Å²) in [4.78, 5) is 22.9. The molecule has 4 aliphatic rings. The van der Waals surface area contributed by atoms with Gasteiger partial charge in [-0.2, -0.15) is 0 Å². The number of hydrogen-bond acceptors (Lipinski definition) is 4. The first kappa shape index (κ1) is 26.2. The van der Waals surface area contributed by atoms with E-state index in [1.54, 1.807) is 0 Å². The summed E-state index contributed by atoms with van der Waals surface area (Å²) in [6, 6.07) is 21.4. The number of nitrogens with zero attached hydrogens (tertiary/aromatic N) is 4. The van der Waals surface area contributed by atoms with Gasteiger partial charge in [-0.05, 0) is 107 Å². The number of benzene rings is 2. The van der Waals surface area contributed by atoms with Crippen LogP contribution >= 0.6 is 0 Å². The Morgan fingerprint density at radius 1 is 0.900 bits per heavy atom. The lowest BCUT2D eigenvalue weighted by molar-refractivity contribution is -0.152. The van der Waals surface area contributed by atoms with Gasteiger partial charge in [-0.1, -0.05) is 42.5 Å². The van der Waals surface area contributed by atoms with Gasteiger partial charge in [-0.3, -0.25) is 9.69 Å². The van der Waals surface area contributed by atoms with Gasteiger partial charge in [0.2, 0.25) is 0 Å². The molecule has 6 nitrogen and oxygen atoms in total. The minimum Gasteiger partial charge on any atom is -0.380 e. The van der Waals surface area contributed by atoms with Gasteiger partial charge in [0.15, 0.2) is 0 Å². The van der Waals surface area contributed by atoms with E-state index in [2.05, 4.69) is 71.0 Å². The summed E-state index contributed by atoms with van der Waals surface area (Å²) in [6.07, 6.45) is 11.3. The highest BCUT2D eigenvalue weighted by Gasteiger charge is 2.46. The van der Waals surface area contributed by atoms with Crippen LogP contribution < -0.4 is 0 Å². The lowest BCUT2D eigenvalue weighted by Gasteiger charge is -2.46. The molecule has 2 aromatic carbocycles. The Morgan fingerprint density at radius 3 is 2.25 bits per heavy atom. The summed E-state index contributed by atoms with van der Waals surface area (Å²) < 4.78 is 2.52. The number of aliphatic hydroxyl groups is 1. The number of aryl methyl sites for hydroxylation is 1. The molecule has 2 bridgehead atoms. The molecule has 4 fully saturated rings. The van der Waals surface area contributed by atoms with Crippen LogP contribution in [0.4, 0.5) is 0 Å². The molecule has 0 radical (unpaired) electrons. The molecular formula is C34H44N4O2. The van der Waals surface area contributed by atoms with Crippen molar-refractivity contribution in [1.29, 1.82) is 0 Å². The number of carbonyl (C=O) groups excluding carboxylic acids is 1. The average Bonchev–Trinajstić information content (AvgIpc) is 3.64. The lowest BCUT2D eigenvalue weighted by Crippen LogP contribution is -2.53. The second kappa shape index (κ2) is 10.3. The number of aromatic nitrogens is 2. The predicted octanol–water partition coefficient (Wildman–Crippen LogP) is 5.77. The van der Waals surface area contributed by atoms with E-state index in [4.69, 9.17) is 4.98 Å². The Kier molecular flexibility index (Phi) is 6.74. The van der Waals surface area contributed by atoms with Crippen LogP contribution in [0.15, 0.2) is 54.6 Å². The quantitative estimate of drug-likeness (QED) is 0.431. The van der Waals surface area contributed by atoms with E-state index in [0.717, 1.165) is 63.1 Å². The third kappa shape index (κ3) is 4.48. The zero-order valence-electron chi connectivity index (χ0n) is 24.0. The Labute approximate surface area is 238 Å². The average molecular weight is 541 g/mol. The van der Waals surface area contributed by atoms with Gasteiger partial charge < -0.3 is 14.6 Å². The highest BCUT2D eigenvalue weighted by atomic mass is 16.3. The molecule has 1 amide bonds. The van der Waals surface area contributed by atoms with E-state index in [-0.39, 0.29) is 11.3 Å². The van der Waals surface area contributed by atoms with Gasteiger partial charge in [-0.15, -0.1) is 0 Å². The highest BCUT2D eigenvalue weighted by molar-refractivity contribution is 5.85. The molecule has 6 heteroatoms. The van der Waals surface area contributed by atoms with E-state index in [9.17, 15) is 9.90 Å². The SMILES string of the molecule is Cc1nc2ccccc2n1C1C[C@H]2CC[C@@H](C1)N2CCC1(c2ccccc2)CCN(C(=O)C2(O)CCCC2)CC1. The molecule has 0 spiro atoms. The van der Waals surface area contributed by atoms with Gasteiger partial charge >= 0.3 is 0 Å². The first-order valence-electron chi connectivity index (χ1n) is 15.7. The van der Waals surface area contributed by atoms with Crippen LogP contribution in [0.25, 0.3) is 11.0 Å². The number of likely N-dealkylation sites (tertiary alicyclic amines) is 1. The molecule has 1 N–H and O–H groups in total. The lowest BCUT2D eigenvalue weighted by atomic mass is 9.70. The van der Waals surface area contributed by atoms with Crippen LogP contribution in [0.5, 0.6) is 0 Å². The van der Waals surface area contributed by atoms with E-state index < -0.39 is 5.60 Å². The number of piperidine rings is 2. The highest BCUT2D eigenvalue weighted by Crippen LogP contribution is 2.45. The minimum atomic E-state index is -1.12. The maximum absolute atomic E-state index is 13.3. The third-order valence-electron chi connectivity index (χ3n) is 11.1. The first-order valence-corrected chi connectivity index (χ1v) is 15.7. The summed E-state index contributed by atoms with van der Waals surface area (Å²) in [5.74, 6) is 1.12. The van der Waals surface area contributed by atoms with Crippen molar-refractivity contribution in [1.82, 2.24) is 19.4 Å². The molecule has 3 atom stereocenters. The standard InChI is InChI=1S/C34H44N4O2/c1-25-35-30-11-5-6-12-31(30)38(25)29-23-27-13-14-28(24-29)37(27)22-19-33(26-9-3-2-4-10-26)17-20-36(21-18-33)32(39)34(40)15-7-8-16-34/h2-6,9-12,27-29,40H,7-8,13-24H2,1H3/t27-,28+,29?. The number of rotatable bonds is 6. The third-order valence-corrected chi connectivity index (χ3v) is 11.1. The Bertz CT molecular complexity index is 1340. The molecule has 1 unspecified atom stereocenters.